The first kappa shape index (κ1) is 5.06. The van der Waals surface area contributed by atoms with Crippen LogP contribution in [-0.2, 0) is 4.84 Å². The summed E-state index contributed by atoms with van der Waals surface area (Å²) in [5.74, 6) is 5.68. The average molecular weight is 101 g/mol. The number of nitrogens with two attached hydrogens (primary N) is 1. The Bertz CT molecular complexity index is 61.1. The lowest BCUT2D eigenvalue weighted by Gasteiger charge is -2.02. The van der Waals surface area contributed by atoms with Crippen LogP contribution in [0.15, 0.2) is 0 Å². The van der Waals surface area contributed by atoms with Gasteiger partial charge in [0, 0.05) is 0 Å². The molecule has 0 aliphatic heterocycles. The minimum absolute atomic E-state index is 0.292. The summed E-state index contributed by atoms with van der Waals surface area (Å²) in [7, 11) is 0. The van der Waals surface area contributed by atoms with Gasteiger partial charge in [-0.05, 0) is 25.7 Å². The maximum atomic E-state index is 4.91. The van der Waals surface area contributed by atoms with Crippen LogP contribution in [0.25, 0.3) is 0 Å². The summed E-state index contributed by atoms with van der Waals surface area (Å²) in [4.78, 5) is 4.57. The Morgan fingerprint density at radius 1 is 1.71 bits per heavy atom. The third kappa shape index (κ3) is 1.14. The largest absolute Gasteiger partial charge is 0.301 e. The third-order valence-electron chi connectivity index (χ3n) is 1.50. The van der Waals surface area contributed by atoms with E-state index in [1.807, 2.05) is 6.92 Å². The highest BCUT2D eigenvalue weighted by Crippen LogP contribution is 2.33. The summed E-state index contributed by atoms with van der Waals surface area (Å²) in [6.07, 6.45) is 2.90. The van der Waals surface area contributed by atoms with Gasteiger partial charge in [-0.3, -0.25) is 0 Å². The first-order valence-corrected chi connectivity index (χ1v) is 2.70. The molecule has 1 atom stereocenters. The van der Waals surface area contributed by atoms with Crippen LogP contribution in [0, 0.1) is 5.92 Å². The summed E-state index contributed by atoms with van der Waals surface area (Å²) in [6.45, 7) is 2.01. The Balaban J connectivity index is 2.10. The molecule has 0 aromatic carbocycles. The van der Waals surface area contributed by atoms with Crippen LogP contribution >= 0.6 is 0 Å². The van der Waals surface area contributed by atoms with E-state index in [1.54, 1.807) is 0 Å². The van der Waals surface area contributed by atoms with Crippen LogP contribution in [0.3, 0.4) is 0 Å². The standard InChI is InChI=1S/C5H11NO/c1-4(7-6)5-2-3-5/h4-5H,2-3,6H2,1H3. The van der Waals surface area contributed by atoms with Crippen molar-refractivity contribution in [3.8, 4) is 0 Å². The van der Waals surface area contributed by atoms with Gasteiger partial charge in [-0.15, -0.1) is 0 Å². The predicted molar refractivity (Wildman–Crippen MR) is 27.5 cm³/mol. The van der Waals surface area contributed by atoms with Gasteiger partial charge in [0.2, 0.25) is 0 Å². The maximum Gasteiger partial charge on any atom is 0.0787 e. The van der Waals surface area contributed by atoms with E-state index < -0.39 is 0 Å². The Hall–Kier alpha value is -0.0800. The van der Waals surface area contributed by atoms with Crippen LogP contribution in [-0.4, -0.2) is 6.10 Å². The van der Waals surface area contributed by atoms with Gasteiger partial charge in [-0.2, -0.15) is 0 Å². The molecule has 2 heteroatoms. The summed E-state index contributed by atoms with van der Waals surface area (Å²) in [5.41, 5.74) is 0. The molecule has 0 amide bonds. The van der Waals surface area contributed by atoms with E-state index in [4.69, 9.17) is 5.90 Å². The molecular formula is C5H11NO. The van der Waals surface area contributed by atoms with E-state index in [0.717, 1.165) is 5.92 Å². The van der Waals surface area contributed by atoms with E-state index >= 15 is 0 Å². The lowest BCUT2D eigenvalue weighted by atomic mass is 10.3. The minimum atomic E-state index is 0.292. The van der Waals surface area contributed by atoms with E-state index in [0.29, 0.717) is 6.10 Å². The number of hydrogen-bond donors (Lipinski definition) is 1. The van der Waals surface area contributed by atoms with Gasteiger partial charge >= 0.3 is 0 Å². The second-order valence-electron chi connectivity index (χ2n) is 2.18. The lowest BCUT2D eigenvalue weighted by Crippen LogP contribution is -2.14. The molecule has 7 heavy (non-hydrogen) atoms. The molecule has 0 bridgehead atoms. The summed E-state index contributed by atoms with van der Waals surface area (Å²) < 4.78 is 0. The van der Waals surface area contributed by atoms with Gasteiger partial charge in [0.05, 0.1) is 6.10 Å². The molecule has 0 aromatic heterocycles. The molecule has 0 heterocycles. The van der Waals surface area contributed by atoms with Crippen molar-refractivity contribution in [3.05, 3.63) is 0 Å². The van der Waals surface area contributed by atoms with Crippen molar-refractivity contribution in [1.29, 1.82) is 0 Å². The van der Waals surface area contributed by atoms with Crippen molar-refractivity contribution in [1.82, 2.24) is 0 Å². The second kappa shape index (κ2) is 1.80. The van der Waals surface area contributed by atoms with Gasteiger partial charge in [-0.25, -0.2) is 5.90 Å². The average Bonchev–Trinajstić information content (AvgIpc) is 2.44. The zero-order valence-electron chi connectivity index (χ0n) is 4.55. The Morgan fingerprint density at radius 3 is 2.43 bits per heavy atom. The number of hydrogen-bond acceptors (Lipinski definition) is 2. The van der Waals surface area contributed by atoms with E-state index in [-0.39, 0.29) is 0 Å². The highest BCUT2D eigenvalue weighted by molar-refractivity contribution is 4.78. The fourth-order valence-electron chi connectivity index (χ4n) is 0.677. The minimum Gasteiger partial charge on any atom is -0.301 e. The van der Waals surface area contributed by atoms with Crippen molar-refractivity contribution in [2.24, 2.45) is 11.8 Å². The molecule has 0 radical (unpaired) electrons. The lowest BCUT2D eigenvalue weighted by molar-refractivity contribution is 0.0514. The monoisotopic (exact) mass is 101 g/mol. The van der Waals surface area contributed by atoms with Crippen LogP contribution in [0.1, 0.15) is 19.8 Å². The highest BCUT2D eigenvalue weighted by Gasteiger charge is 2.27. The van der Waals surface area contributed by atoms with Crippen molar-refractivity contribution < 1.29 is 4.84 Å². The molecule has 1 saturated carbocycles. The van der Waals surface area contributed by atoms with Gasteiger partial charge in [0.25, 0.3) is 0 Å². The van der Waals surface area contributed by atoms with Crippen LogP contribution in [0.4, 0.5) is 0 Å². The smallest absolute Gasteiger partial charge is 0.0787 e. The van der Waals surface area contributed by atoms with Crippen LogP contribution in [0.2, 0.25) is 0 Å². The Morgan fingerprint density at radius 2 is 2.29 bits per heavy atom. The van der Waals surface area contributed by atoms with Crippen molar-refractivity contribution in [2.75, 3.05) is 0 Å². The highest BCUT2D eigenvalue weighted by atomic mass is 16.6. The fraction of sp³-hybridized carbons (Fsp3) is 1.00. The van der Waals surface area contributed by atoms with Crippen LogP contribution in [0.5, 0.6) is 0 Å². The van der Waals surface area contributed by atoms with E-state index in [9.17, 15) is 0 Å². The molecule has 1 aliphatic carbocycles. The molecule has 2 nitrogen and oxygen atoms in total. The molecule has 0 saturated heterocycles. The van der Waals surface area contributed by atoms with Crippen molar-refractivity contribution >= 4 is 0 Å². The quantitative estimate of drug-likeness (QED) is 0.519. The summed E-state index contributed by atoms with van der Waals surface area (Å²) >= 11 is 0. The normalized spacial score (nSPS) is 24.9. The molecule has 1 unspecified atom stereocenters. The topological polar surface area (TPSA) is 35.2 Å². The Kier molecular flexibility index (Phi) is 1.30. The van der Waals surface area contributed by atoms with Crippen molar-refractivity contribution in [2.45, 2.75) is 25.9 Å². The predicted octanol–water partition coefficient (Wildman–Crippen LogP) is 0.675. The summed E-state index contributed by atoms with van der Waals surface area (Å²) in [6, 6.07) is 0. The van der Waals surface area contributed by atoms with Gasteiger partial charge in [-0.1, -0.05) is 0 Å². The summed E-state index contributed by atoms with van der Waals surface area (Å²) in [5, 5.41) is 0. The molecule has 2 N–H and O–H groups in total. The maximum absolute atomic E-state index is 4.91. The first-order valence-electron chi connectivity index (χ1n) is 2.70. The van der Waals surface area contributed by atoms with Crippen molar-refractivity contribution in [3.63, 3.8) is 0 Å². The van der Waals surface area contributed by atoms with E-state index in [1.165, 1.54) is 12.8 Å². The molecular weight excluding hydrogens is 90.1 g/mol. The zero-order valence-corrected chi connectivity index (χ0v) is 4.55. The SMILES string of the molecule is CC(ON)C1CC1. The molecule has 1 rings (SSSR count). The molecule has 0 spiro atoms. The second-order valence-corrected chi connectivity index (χ2v) is 2.18. The van der Waals surface area contributed by atoms with E-state index in [2.05, 4.69) is 4.84 Å². The molecule has 1 fully saturated rings. The molecule has 42 valence electrons. The van der Waals surface area contributed by atoms with Crippen LogP contribution < -0.4 is 5.90 Å². The zero-order chi connectivity index (χ0) is 5.28. The van der Waals surface area contributed by atoms with Gasteiger partial charge in [0.15, 0.2) is 0 Å². The third-order valence-corrected chi connectivity index (χ3v) is 1.50. The first-order chi connectivity index (χ1) is 3.34. The van der Waals surface area contributed by atoms with Gasteiger partial charge in [0.1, 0.15) is 0 Å². The molecule has 1 aliphatic rings. The molecule has 0 aromatic rings. The Labute approximate surface area is 43.6 Å². The fourth-order valence-corrected chi connectivity index (χ4v) is 0.677. The van der Waals surface area contributed by atoms with Gasteiger partial charge < -0.3 is 4.84 Å². The number of rotatable bonds is 2.